The summed E-state index contributed by atoms with van der Waals surface area (Å²) in [6.45, 7) is 0. The van der Waals surface area contributed by atoms with Crippen LogP contribution in [0, 0.1) is 0 Å². The van der Waals surface area contributed by atoms with Gasteiger partial charge in [0.2, 0.25) is 0 Å². The topological polar surface area (TPSA) is 25.8 Å². The summed E-state index contributed by atoms with van der Waals surface area (Å²) in [6, 6.07) is 41.5. The summed E-state index contributed by atoms with van der Waals surface area (Å²) in [7, 11) is 0. The number of benzene rings is 6. The van der Waals surface area contributed by atoms with Crippen LogP contribution in [0.2, 0.25) is 0 Å². The van der Waals surface area contributed by atoms with Gasteiger partial charge in [0.15, 0.2) is 0 Å². The van der Waals surface area contributed by atoms with Crippen LogP contribution in [0.5, 0.6) is 0 Å². The maximum absolute atomic E-state index is 5.15. The Morgan fingerprint density at radius 3 is 1.77 bits per heavy atom. The summed E-state index contributed by atoms with van der Waals surface area (Å²) in [6.07, 6.45) is 10.9. The number of thioether (sulfide) groups is 1. The van der Waals surface area contributed by atoms with Crippen molar-refractivity contribution >= 4 is 44.3 Å². The van der Waals surface area contributed by atoms with Crippen LogP contribution < -0.4 is 0 Å². The van der Waals surface area contributed by atoms with Crippen LogP contribution in [0.25, 0.3) is 66.1 Å². The molecule has 0 bridgehead atoms. The highest BCUT2D eigenvalue weighted by molar-refractivity contribution is 8.00. The number of hydrogen-bond donors (Lipinski definition) is 0. The molecule has 0 N–H and O–H groups in total. The number of hydrogen-bond acceptors (Lipinski definition) is 3. The van der Waals surface area contributed by atoms with Crippen molar-refractivity contribution in [3.8, 4) is 33.5 Å². The average molecular weight is 567 g/mol. The Kier molecular flexibility index (Phi) is 5.60. The number of allylic oxidation sites excluding steroid dienone is 3. The molecular weight excluding hydrogens is 541 g/mol. The second-order valence-corrected chi connectivity index (χ2v) is 12.5. The fraction of sp³-hybridized carbons (Fsp3) is 0.0500. The Labute approximate surface area is 254 Å². The highest BCUT2D eigenvalue weighted by Crippen LogP contribution is 2.49. The molecule has 1 aliphatic carbocycles. The molecule has 2 aliphatic rings. The molecule has 1 aliphatic heterocycles. The Hall–Kier alpha value is -4.99. The lowest BCUT2D eigenvalue weighted by Crippen LogP contribution is -2.06. The molecule has 0 fully saturated rings. The van der Waals surface area contributed by atoms with E-state index in [0.717, 1.165) is 33.1 Å². The molecule has 2 heterocycles. The molecular formula is C40H26N2S. The van der Waals surface area contributed by atoms with E-state index in [0.29, 0.717) is 11.2 Å². The van der Waals surface area contributed by atoms with Gasteiger partial charge in [-0.2, -0.15) is 0 Å². The third kappa shape index (κ3) is 4.04. The van der Waals surface area contributed by atoms with E-state index in [1.165, 1.54) is 43.5 Å². The van der Waals surface area contributed by atoms with E-state index in [4.69, 9.17) is 9.97 Å². The van der Waals surface area contributed by atoms with Gasteiger partial charge in [-0.1, -0.05) is 127 Å². The highest BCUT2D eigenvalue weighted by Gasteiger charge is 2.31. The second kappa shape index (κ2) is 9.79. The Bertz CT molecular complexity index is 2230. The lowest BCUT2D eigenvalue weighted by molar-refractivity contribution is 0.881. The first kappa shape index (κ1) is 24.6. The van der Waals surface area contributed by atoms with Crippen LogP contribution in [0.15, 0.2) is 151 Å². The molecule has 0 spiro atoms. The zero-order chi connectivity index (χ0) is 28.3. The fourth-order valence-corrected chi connectivity index (χ4v) is 8.00. The van der Waals surface area contributed by atoms with Gasteiger partial charge in [0.05, 0.1) is 22.9 Å². The number of rotatable bonds is 3. The van der Waals surface area contributed by atoms with Crippen molar-refractivity contribution in [3.63, 3.8) is 0 Å². The number of fused-ring (bicyclic) bond motifs is 9. The first-order valence-electron chi connectivity index (χ1n) is 14.7. The van der Waals surface area contributed by atoms with Crippen molar-refractivity contribution < 1.29 is 0 Å². The predicted molar refractivity (Wildman–Crippen MR) is 182 cm³/mol. The SMILES string of the molecule is C1=CC2Sc3ccc(-c4ccc(-c5ccc(-c6cnc7c8ccccc8c8ccccc8c7n6)cc5)cc4)cc3C2C=C1. The molecule has 43 heavy (non-hydrogen) atoms. The largest absolute Gasteiger partial charge is 0.252 e. The molecule has 2 atom stereocenters. The summed E-state index contributed by atoms with van der Waals surface area (Å²) in [5, 5.41) is 5.23. The minimum Gasteiger partial charge on any atom is -0.252 e. The van der Waals surface area contributed by atoms with E-state index in [-0.39, 0.29) is 0 Å². The van der Waals surface area contributed by atoms with Crippen LogP contribution in [-0.2, 0) is 0 Å². The first-order valence-corrected chi connectivity index (χ1v) is 15.6. The normalized spacial score (nSPS) is 17.0. The third-order valence-corrected chi connectivity index (χ3v) is 10.2. The number of nitrogens with zero attached hydrogens (tertiary/aromatic N) is 2. The smallest absolute Gasteiger partial charge is 0.0979 e. The van der Waals surface area contributed by atoms with E-state index >= 15 is 0 Å². The predicted octanol–water partition coefficient (Wildman–Crippen LogP) is 10.6. The second-order valence-electron chi connectivity index (χ2n) is 11.3. The molecule has 0 radical (unpaired) electrons. The zero-order valence-corrected chi connectivity index (χ0v) is 24.1. The van der Waals surface area contributed by atoms with E-state index in [2.05, 4.69) is 140 Å². The van der Waals surface area contributed by atoms with Crippen LogP contribution >= 0.6 is 11.8 Å². The first-order chi connectivity index (χ1) is 21.3. The van der Waals surface area contributed by atoms with Crippen molar-refractivity contribution in [2.45, 2.75) is 16.1 Å². The monoisotopic (exact) mass is 566 g/mol. The van der Waals surface area contributed by atoms with Gasteiger partial charge in [0, 0.05) is 32.4 Å². The van der Waals surface area contributed by atoms with Crippen molar-refractivity contribution in [1.82, 2.24) is 9.97 Å². The molecule has 7 aromatic rings. The molecule has 202 valence electrons. The maximum Gasteiger partial charge on any atom is 0.0979 e. The van der Waals surface area contributed by atoms with Crippen LogP contribution in [0.3, 0.4) is 0 Å². The quantitative estimate of drug-likeness (QED) is 0.199. The molecule has 0 saturated carbocycles. The Balaban J connectivity index is 1.03. The van der Waals surface area contributed by atoms with Crippen molar-refractivity contribution in [1.29, 1.82) is 0 Å². The number of aromatic nitrogens is 2. The van der Waals surface area contributed by atoms with E-state index < -0.39 is 0 Å². The molecule has 3 heteroatoms. The van der Waals surface area contributed by atoms with Gasteiger partial charge >= 0.3 is 0 Å². The van der Waals surface area contributed by atoms with Gasteiger partial charge in [-0.15, -0.1) is 11.8 Å². The van der Waals surface area contributed by atoms with E-state index in [9.17, 15) is 0 Å². The third-order valence-electron chi connectivity index (χ3n) is 8.88. The van der Waals surface area contributed by atoms with Gasteiger partial charge in [-0.25, -0.2) is 4.98 Å². The summed E-state index contributed by atoms with van der Waals surface area (Å²) in [4.78, 5) is 11.5. The highest BCUT2D eigenvalue weighted by atomic mass is 32.2. The molecule has 0 amide bonds. The summed E-state index contributed by atoms with van der Waals surface area (Å²) < 4.78 is 0. The standard InChI is InChI=1S/C40H26N2S/c1-3-10-33-30(7-1)31-8-2-4-11-34(31)40-39(33)41-24-36(42-40)28-19-17-26(18-20-28)25-13-15-27(16-14-25)29-21-22-38-35(23-29)32-9-5-6-12-37(32)43-38/h1-24,32,37H. The molecule has 1 aromatic heterocycles. The van der Waals surface area contributed by atoms with Gasteiger partial charge in [0.25, 0.3) is 0 Å². The zero-order valence-electron chi connectivity index (χ0n) is 23.3. The van der Waals surface area contributed by atoms with Crippen molar-refractivity contribution in [3.05, 3.63) is 151 Å². The Morgan fingerprint density at radius 2 is 1.07 bits per heavy atom. The van der Waals surface area contributed by atoms with Crippen LogP contribution in [0.4, 0.5) is 0 Å². The van der Waals surface area contributed by atoms with Crippen LogP contribution in [-0.4, -0.2) is 15.2 Å². The lowest BCUT2D eigenvalue weighted by atomic mass is 9.90. The molecule has 6 aromatic carbocycles. The molecule has 0 saturated heterocycles. The van der Waals surface area contributed by atoms with Gasteiger partial charge in [-0.3, -0.25) is 4.98 Å². The van der Waals surface area contributed by atoms with Gasteiger partial charge in [-0.05, 0) is 50.7 Å². The molecule has 2 unspecified atom stereocenters. The lowest BCUT2D eigenvalue weighted by Gasteiger charge is -2.15. The fourth-order valence-electron chi connectivity index (χ4n) is 6.67. The average Bonchev–Trinajstić information content (AvgIpc) is 3.46. The van der Waals surface area contributed by atoms with Gasteiger partial charge < -0.3 is 0 Å². The summed E-state index contributed by atoms with van der Waals surface area (Å²) >= 11 is 1.98. The minimum atomic E-state index is 0.480. The molecule has 2 nitrogen and oxygen atoms in total. The van der Waals surface area contributed by atoms with E-state index in [1.807, 2.05) is 18.0 Å². The van der Waals surface area contributed by atoms with Gasteiger partial charge in [0.1, 0.15) is 0 Å². The van der Waals surface area contributed by atoms with Crippen molar-refractivity contribution in [2.24, 2.45) is 0 Å². The van der Waals surface area contributed by atoms with Crippen molar-refractivity contribution in [2.75, 3.05) is 0 Å². The van der Waals surface area contributed by atoms with E-state index in [1.54, 1.807) is 0 Å². The Morgan fingerprint density at radius 1 is 0.512 bits per heavy atom. The summed E-state index contributed by atoms with van der Waals surface area (Å²) in [5.74, 6) is 0.480. The van der Waals surface area contributed by atoms with Crippen LogP contribution in [0.1, 0.15) is 11.5 Å². The minimum absolute atomic E-state index is 0.480. The maximum atomic E-state index is 5.15. The summed E-state index contributed by atoms with van der Waals surface area (Å²) in [5.41, 5.74) is 10.2. The molecule has 9 rings (SSSR count).